The number of rotatable bonds is 5. The van der Waals surface area contributed by atoms with Crippen molar-refractivity contribution in [2.24, 2.45) is 0 Å². The topological polar surface area (TPSA) is 56.2 Å². The van der Waals surface area contributed by atoms with E-state index in [-0.39, 0.29) is 5.91 Å². The molecule has 136 valence electrons. The van der Waals surface area contributed by atoms with E-state index in [1.807, 2.05) is 24.3 Å². The Morgan fingerprint density at radius 2 is 1.93 bits per heavy atom. The number of ether oxygens (including phenoxy) is 1. The summed E-state index contributed by atoms with van der Waals surface area (Å²) < 4.78 is 7.93. The van der Waals surface area contributed by atoms with Gasteiger partial charge in [0.1, 0.15) is 5.75 Å². The Morgan fingerprint density at radius 1 is 1.11 bits per heavy atom. The van der Waals surface area contributed by atoms with Crippen molar-refractivity contribution in [1.29, 1.82) is 0 Å². The number of fused-ring (bicyclic) bond motifs is 3. The molecule has 0 radical (unpaired) electrons. The third-order valence-corrected chi connectivity index (χ3v) is 4.67. The van der Waals surface area contributed by atoms with Crippen molar-refractivity contribution in [3.8, 4) is 5.75 Å². The maximum absolute atomic E-state index is 12.5. The molecule has 0 fully saturated rings. The number of hydrogen-bond donors (Lipinski definition) is 1. The summed E-state index contributed by atoms with van der Waals surface area (Å²) in [4.78, 5) is 16.5. The summed E-state index contributed by atoms with van der Waals surface area (Å²) in [6, 6.07) is 17.9. The fourth-order valence-electron chi connectivity index (χ4n) is 3.39. The molecule has 0 saturated carbocycles. The third-order valence-electron chi connectivity index (χ3n) is 4.67. The molecule has 1 amide bonds. The maximum atomic E-state index is 12.5. The van der Waals surface area contributed by atoms with E-state index in [0.717, 1.165) is 23.1 Å². The number of aromatic nitrogens is 2. The highest BCUT2D eigenvalue weighted by atomic mass is 16.5. The first-order valence-corrected chi connectivity index (χ1v) is 9.06. The number of nitrogens with one attached hydrogen (secondary N) is 1. The molecule has 1 N–H and O–H groups in total. The maximum Gasteiger partial charge on any atom is 0.265 e. The number of pyridine rings is 1. The molecule has 0 bridgehead atoms. The van der Waals surface area contributed by atoms with E-state index in [1.54, 1.807) is 31.5 Å². The molecule has 1 atom stereocenters. The SMILES string of the molecule is CCn1c2ccccc2c2cc(NC(=O)[C@@H](C)Oc3cccnc3)ccc21. The van der Waals surface area contributed by atoms with Crippen molar-refractivity contribution in [1.82, 2.24) is 9.55 Å². The minimum Gasteiger partial charge on any atom is -0.479 e. The van der Waals surface area contributed by atoms with Gasteiger partial charge in [-0.05, 0) is 50.2 Å². The summed E-state index contributed by atoms with van der Waals surface area (Å²) in [7, 11) is 0. The van der Waals surface area contributed by atoms with Gasteiger partial charge in [-0.1, -0.05) is 18.2 Å². The normalized spacial score (nSPS) is 12.2. The van der Waals surface area contributed by atoms with Crippen molar-refractivity contribution in [2.45, 2.75) is 26.5 Å². The van der Waals surface area contributed by atoms with Gasteiger partial charge < -0.3 is 14.6 Å². The van der Waals surface area contributed by atoms with Crippen LogP contribution < -0.4 is 10.1 Å². The predicted molar refractivity (Wildman–Crippen MR) is 108 cm³/mol. The Bertz CT molecular complexity index is 1100. The number of para-hydroxylation sites is 1. The second-order valence-corrected chi connectivity index (χ2v) is 6.43. The average molecular weight is 359 g/mol. The van der Waals surface area contributed by atoms with Gasteiger partial charge in [0, 0.05) is 40.2 Å². The molecular formula is C22H21N3O2. The lowest BCUT2D eigenvalue weighted by Gasteiger charge is -2.14. The summed E-state index contributed by atoms with van der Waals surface area (Å²) in [6.45, 7) is 4.76. The molecule has 5 heteroatoms. The lowest BCUT2D eigenvalue weighted by atomic mass is 10.1. The van der Waals surface area contributed by atoms with Crippen LogP contribution in [0.5, 0.6) is 5.75 Å². The van der Waals surface area contributed by atoms with Crippen molar-refractivity contribution in [3.05, 3.63) is 67.0 Å². The lowest BCUT2D eigenvalue weighted by Crippen LogP contribution is -2.30. The van der Waals surface area contributed by atoms with Gasteiger partial charge in [0.05, 0.1) is 6.20 Å². The number of carbonyl (C=O) groups is 1. The van der Waals surface area contributed by atoms with Crippen molar-refractivity contribution < 1.29 is 9.53 Å². The first kappa shape index (κ1) is 17.1. The van der Waals surface area contributed by atoms with Crippen LogP contribution in [0.3, 0.4) is 0 Å². The third kappa shape index (κ3) is 3.24. The van der Waals surface area contributed by atoms with Crippen LogP contribution >= 0.6 is 0 Å². The van der Waals surface area contributed by atoms with Gasteiger partial charge in [0.2, 0.25) is 0 Å². The molecule has 0 aliphatic heterocycles. The fraction of sp³-hybridized carbons (Fsp3) is 0.182. The molecule has 0 aliphatic carbocycles. The lowest BCUT2D eigenvalue weighted by molar-refractivity contribution is -0.122. The molecule has 4 rings (SSSR count). The Hall–Kier alpha value is -3.34. The van der Waals surface area contributed by atoms with Crippen LogP contribution in [0.2, 0.25) is 0 Å². The molecule has 0 unspecified atom stereocenters. The van der Waals surface area contributed by atoms with Crippen LogP contribution in [0, 0.1) is 0 Å². The average Bonchev–Trinajstić information content (AvgIpc) is 3.02. The number of carbonyl (C=O) groups excluding carboxylic acids is 1. The van der Waals surface area contributed by atoms with Crippen LogP contribution in [0.4, 0.5) is 5.69 Å². The highest BCUT2D eigenvalue weighted by molar-refractivity contribution is 6.10. The zero-order valence-corrected chi connectivity index (χ0v) is 15.3. The molecule has 0 aliphatic rings. The van der Waals surface area contributed by atoms with E-state index in [1.165, 1.54) is 10.9 Å². The monoisotopic (exact) mass is 359 g/mol. The predicted octanol–water partition coefficient (Wildman–Crippen LogP) is 4.62. The van der Waals surface area contributed by atoms with Gasteiger partial charge >= 0.3 is 0 Å². The highest BCUT2D eigenvalue weighted by Crippen LogP contribution is 2.31. The highest BCUT2D eigenvalue weighted by Gasteiger charge is 2.16. The molecule has 2 heterocycles. The zero-order chi connectivity index (χ0) is 18.8. The molecule has 27 heavy (non-hydrogen) atoms. The van der Waals surface area contributed by atoms with Gasteiger partial charge in [-0.25, -0.2) is 0 Å². The minimum atomic E-state index is -0.623. The minimum absolute atomic E-state index is 0.197. The number of hydrogen-bond acceptors (Lipinski definition) is 3. The van der Waals surface area contributed by atoms with Crippen LogP contribution in [0.15, 0.2) is 67.0 Å². The van der Waals surface area contributed by atoms with Gasteiger partial charge in [0.15, 0.2) is 6.10 Å². The summed E-state index contributed by atoms with van der Waals surface area (Å²) in [5, 5.41) is 5.27. The van der Waals surface area contributed by atoms with Gasteiger partial charge in [-0.3, -0.25) is 9.78 Å². The standard InChI is InChI=1S/C22H21N3O2/c1-3-25-20-9-5-4-8-18(20)19-13-16(10-11-21(19)25)24-22(26)15(2)27-17-7-6-12-23-14-17/h4-15H,3H2,1-2H3,(H,24,26)/t15-/m1/s1. The Labute approximate surface area is 157 Å². The summed E-state index contributed by atoms with van der Waals surface area (Å²) in [5.74, 6) is 0.374. The number of anilines is 1. The molecule has 0 spiro atoms. The van der Waals surface area contributed by atoms with Crippen LogP contribution in [0.25, 0.3) is 21.8 Å². The number of aryl methyl sites for hydroxylation is 1. The Morgan fingerprint density at radius 3 is 2.70 bits per heavy atom. The second-order valence-electron chi connectivity index (χ2n) is 6.43. The molecule has 2 aromatic carbocycles. The van der Waals surface area contributed by atoms with E-state index in [9.17, 15) is 4.79 Å². The van der Waals surface area contributed by atoms with Gasteiger partial charge in [-0.15, -0.1) is 0 Å². The first-order valence-electron chi connectivity index (χ1n) is 9.06. The number of amides is 1. The molecule has 4 aromatic rings. The fourth-order valence-corrected chi connectivity index (χ4v) is 3.39. The van der Waals surface area contributed by atoms with Crippen molar-refractivity contribution in [3.63, 3.8) is 0 Å². The largest absolute Gasteiger partial charge is 0.479 e. The van der Waals surface area contributed by atoms with E-state index in [0.29, 0.717) is 5.75 Å². The van der Waals surface area contributed by atoms with Crippen molar-refractivity contribution in [2.75, 3.05) is 5.32 Å². The van der Waals surface area contributed by atoms with E-state index in [4.69, 9.17) is 4.74 Å². The molecular weight excluding hydrogens is 338 g/mol. The molecule has 5 nitrogen and oxygen atoms in total. The van der Waals surface area contributed by atoms with Crippen LogP contribution in [-0.2, 0) is 11.3 Å². The van der Waals surface area contributed by atoms with Crippen LogP contribution in [-0.4, -0.2) is 21.6 Å². The second kappa shape index (κ2) is 7.11. The van der Waals surface area contributed by atoms with Gasteiger partial charge in [0.25, 0.3) is 5.91 Å². The smallest absolute Gasteiger partial charge is 0.265 e. The van der Waals surface area contributed by atoms with E-state index < -0.39 is 6.10 Å². The van der Waals surface area contributed by atoms with Crippen LogP contribution in [0.1, 0.15) is 13.8 Å². The first-order chi connectivity index (χ1) is 13.2. The number of nitrogens with zero attached hydrogens (tertiary/aromatic N) is 2. The Balaban J connectivity index is 1.61. The van der Waals surface area contributed by atoms with E-state index >= 15 is 0 Å². The summed E-state index contributed by atoms with van der Waals surface area (Å²) in [5.41, 5.74) is 3.12. The quantitative estimate of drug-likeness (QED) is 0.566. The zero-order valence-electron chi connectivity index (χ0n) is 15.3. The van der Waals surface area contributed by atoms with E-state index in [2.05, 4.69) is 40.0 Å². The van der Waals surface area contributed by atoms with Crippen molar-refractivity contribution >= 4 is 33.4 Å². The van der Waals surface area contributed by atoms with Gasteiger partial charge in [-0.2, -0.15) is 0 Å². The number of benzene rings is 2. The molecule has 2 aromatic heterocycles. The Kier molecular flexibility index (Phi) is 4.50. The summed E-state index contributed by atoms with van der Waals surface area (Å²) in [6.07, 6.45) is 2.64. The molecule has 0 saturated heterocycles. The summed E-state index contributed by atoms with van der Waals surface area (Å²) >= 11 is 0.